The minimum Gasteiger partial charge on any atom is -0.291 e. The third kappa shape index (κ3) is 2.84. The number of nitrogens with one attached hydrogen (secondary N) is 1. The molecule has 0 amide bonds. The van der Waals surface area contributed by atoms with Crippen LogP contribution in [0.3, 0.4) is 0 Å². The number of anilines is 1. The molecule has 2 aliphatic rings. The number of fused-ring (bicyclic) bond motifs is 2. The van der Waals surface area contributed by atoms with Crippen molar-refractivity contribution in [2.24, 2.45) is 5.10 Å². The van der Waals surface area contributed by atoms with Crippen molar-refractivity contribution in [1.29, 1.82) is 0 Å². The molecule has 0 atom stereocenters. The van der Waals surface area contributed by atoms with Crippen molar-refractivity contribution in [2.75, 3.05) is 5.43 Å². The highest BCUT2D eigenvalue weighted by molar-refractivity contribution is 6.30. The summed E-state index contributed by atoms with van der Waals surface area (Å²) in [6, 6.07) is 7.39. The fourth-order valence-corrected chi connectivity index (χ4v) is 3.52. The molecule has 0 bridgehead atoms. The van der Waals surface area contributed by atoms with Gasteiger partial charge in [-0.3, -0.25) is 14.8 Å². The van der Waals surface area contributed by atoms with Crippen LogP contribution in [0.5, 0.6) is 0 Å². The summed E-state index contributed by atoms with van der Waals surface area (Å²) in [6.07, 6.45) is 5.69. The maximum absolute atomic E-state index is 12.7. The molecular formula is C18H19ClN4O. The molecule has 4 rings (SSSR count). The van der Waals surface area contributed by atoms with Gasteiger partial charge in [-0.15, -0.1) is 0 Å². The average molecular weight is 343 g/mol. The van der Waals surface area contributed by atoms with Crippen LogP contribution >= 0.6 is 11.6 Å². The second kappa shape index (κ2) is 6.40. The molecule has 0 saturated carbocycles. The number of nitrogens with zero attached hydrogens (tertiary/aromatic N) is 3. The molecular weight excluding hydrogens is 324 g/mol. The number of halogens is 1. The molecule has 1 aromatic carbocycles. The maximum Gasteiger partial charge on any atom is 0.257 e. The second-order valence-corrected chi connectivity index (χ2v) is 6.74. The van der Waals surface area contributed by atoms with E-state index in [0.717, 1.165) is 73.6 Å². The number of hydrogen-bond donors (Lipinski definition) is 1. The molecule has 0 fully saturated rings. The minimum atomic E-state index is 0.133. The molecule has 0 radical (unpaired) electrons. The number of hydrazone groups is 1. The lowest BCUT2D eigenvalue weighted by molar-refractivity contribution is 0.559. The van der Waals surface area contributed by atoms with Crippen LogP contribution in [0, 0.1) is 0 Å². The normalized spacial score (nSPS) is 18.1. The van der Waals surface area contributed by atoms with E-state index in [9.17, 15) is 4.79 Å². The van der Waals surface area contributed by atoms with E-state index in [4.69, 9.17) is 16.6 Å². The zero-order valence-corrected chi connectivity index (χ0v) is 14.1. The van der Waals surface area contributed by atoms with Crippen LogP contribution in [-0.2, 0) is 19.4 Å². The molecule has 1 aliphatic carbocycles. The summed E-state index contributed by atoms with van der Waals surface area (Å²) in [5, 5.41) is 5.21. The van der Waals surface area contributed by atoms with Gasteiger partial charge in [-0.2, -0.15) is 5.10 Å². The van der Waals surface area contributed by atoms with Crippen LogP contribution in [-0.4, -0.2) is 15.3 Å². The van der Waals surface area contributed by atoms with Gasteiger partial charge in [0.1, 0.15) is 5.71 Å². The molecule has 1 N–H and O–H groups in total. The second-order valence-electron chi connectivity index (χ2n) is 6.31. The van der Waals surface area contributed by atoms with Crippen molar-refractivity contribution in [3.8, 4) is 0 Å². The van der Waals surface area contributed by atoms with E-state index in [-0.39, 0.29) is 5.56 Å². The van der Waals surface area contributed by atoms with Gasteiger partial charge in [-0.05, 0) is 62.8 Å². The van der Waals surface area contributed by atoms with Crippen LogP contribution in [0.15, 0.2) is 34.2 Å². The summed E-state index contributed by atoms with van der Waals surface area (Å²) in [5.74, 6) is 0.730. The smallest absolute Gasteiger partial charge is 0.257 e. The van der Waals surface area contributed by atoms with E-state index in [1.54, 1.807) is 4.57 Å². The molecule has 2 aromatic rings. The highest BCUT2D eigenvalue weighted by Gasteiger charge is 2.24. The van der Waals surface area contributed by atoms with Crippen molar-refractivity contribution in [3.63, 3.8) is 0 Å². The first-order valence-corrected chi connectivity index (χ1v) is 8.81. The van der Waals surface area contributed by atoms with Gasteiger partial charge in [0.25, 0.3) is 5.56 Å². The lowest BCUT2D eigenvalue weighted by atomic mass is 9.96. The predicted octanol–water partition coefficient (Wildman–Crippen LogP) is 3.39. The standard InChI is InChI=1S/C18H19ClN4O/c19-12-7-9-13(10-8-12)21-22-16-6-3-11-23-17(16)20-15-5-2-1-4-14(15)18(23)24/h7-10,21H,1-6,11H2. The molecule has 6 heteroatoms. The zero-order valence-electron chi connectivity index (χ0n) is 13.4. The van der Waals surface area contributed by atoms with Gasteiger partial charge in [0.15, 0.2) is 5.82 Å². The first-order valence-electron chi connectivity index (χ1n) is 8.43. The molecule has 5 nitrogen and oxygen atoms in total. The van der Waals surface area contributed by atoms with E-state index in [0.29, 0.717) is 5.02 Å². The Labute approximate surface area is 145 Å². The number of aryl methyl sites for hydroxylation is 1. The lowest BCUT2D eigenvalue weighted by Gasteiger charge is -2.23. The van der Waals surface area contributed by atoms with Crippen molar-refractivity contribution >= 4 is 23.0 Å². The van der Waals surface area contributed by atoms with E-state index in [1.807, 2.05) is 24.3 Å². The highest BCUT2D eigenvalue weighted by atomic mass is 35.5. The monoisotopic (exact) mass is 342 g/mol. The summed E-state index contributed by atoms with van der Waals surface area (Å²) >= 11 is 5.90. The SMILES string of the molecule is O=c1c2c(nc3n1CCCC3=NNc1ccc(Cl)cc1)CCCC2. The van der Waals surface area contributed by atoms with Crippen LogP contribution in [0.4, 0.5) is 5.69 Å². The Hall–Kier alpha value is -2.14. The van der Waals surface area contributed by atoms with E-state index < -0.39 is 0 Å². The Bertz CT molecular complexity index is 855. The Balaban J connectivity index is 1.70. The predicted molar refractivity (Wildman–Crippen MR) is 96.0 cm³/mol. The quantitative estimate of drug-likeness (QED) is 0.851. The number of benzene rings is 1. The van der Waals surface area contributed by atoms with Gasteiger partial charge in [0, 0.05) is 17.1 Å². The molecule has 124 valence electrons. The summed E-state index contributed by atoms with van der Waals surface area (Å²) in [4.78, 5) is 17.5. The largest absolute Gasteiger partial charge is 0.291 e. The fourth-order valence-electron chi connectivity index (χ4n) is 3.40. The van der Waals surface area contributed by atoms with Gasteiger partial charge >= 0.3 is 0 Å². The zero-order chi connectivity index (χ0) is 16.5. The van der Waals surface area contributed by atoms with Crippen molar-refractivity contribution < 1.29 is 0 Å². The molecule has 0 spiro atoms. The minimum absolute atomic E-state index is 0.133. The topological polar surface area (TPSA) is 59.3 Å². The average Bonchev–Trinajstić information content (AvgIpc) is 2.62. The van der Waals surface area contributed by atoms with Crippen LogP contribution in [0.1, 0.15) is 42.8 Å². The van der Waals surface area contributed by atoms with Crippen LogP contribution in [0.25, 0.3) is 0 Å². The van der Waals surface area contributed by atoms with Crippen LogP contribution < -0.4 is 11.0 Å². The lowest BCUT2D eigenvalue weighted by Crippen LogP contribution is -2.36. The van der Waals surface area contributed by atoms with Gasteiger partial charge < -0.3 is 0 Å². The maximum atomic E-state index is 12.7. The fraction of sp³-hybridized carbons (Fsp3) is 0.389. The van der Waals surface area contributed by atoms with Gasteiger partial charge in [-0.1, -0.05) is 11.6 Å². The Morgan fingerprint density at radius 1 is 1.08 bits per heavy atom. The van der Waals surface area contributed by atoms with Crippen molar-refractivity contribution in [3.05, 3.63) is 56.7 Å². The van der Waals surface area contributed by atoms with Gasteiger partial charge in [-0.25, -0.2) is 4.98 Å². The molecule has 1 aromatic heterocycles. The molecule has 0 saturated heterocycles. The summed E-state index contributed by atoms with van der Waals surface area (Å²) in [5.41, 5.74) is 6.79. The summed E-state index contributed by atoms with van der Waals surface area (Å²) in [6.45, 7) is 0.731. The van der Waals surface area contributed by atoms with Gasteiger partial charge in [0.05, 0.1) is 11.4 Å². The molecule has 0 unspecified atom stereocenters. The van der Waals surface area contributed by atoms with E-state index in [1.165, 1.54) is 0 Å². The molecule has 1 aliphatic heterocycles. The van der Waals surface area contributed by atoms with Crippen LogP contribution in [0.2, 0.25) is 5.02 Å². The van der Waals surface area contributed by atoms with Crippen molar-refractivity contribution in [2.45, 2.75) is 45.1 Å². The highest BCUT2D eigenvalue weighted by Crippen LogP contribution is 2.20. The van der Waals surface area contributed by atoms with Crippen molar-refractivity contribution in [1.82, 2.24) is 9.55 Å². The first kappa shape index (κ1) is 15.4. The third-order valence-electron chi connectivity index (χ3n) is 4.66. The summed E-state index contributed by atoms with van der Waals surface area (Å²) in [7, 11) is 0. The molecule has 24 heavy (non-hydrogen) atoms. The Kier molecular flexibility index (Phi) is 4.10. The Morgan fingerprint density at radius 2 is 1.88 bits per heavy atom. The van der Waals surface area contributed by atoms with Gasteiger partial charge in [0.2, 0.25) is 0 Å². The Morgan fingerprint density at radius 3 is 2.71 bits per heavy atom. The number of rotatable bonds is 2. The molecule has 2 heterocycles. The number of aromatic nitrogens is 2. The number of hydrogen-bond acceptors (Lipinski definition) is 4. The third-order valence-corrected chi connectivity index (χ3v) is 4.91. The van der Waals surface area contributed by atoms with E-state index in [2.05, 4.69) is 10.5 Å². The first-order chi connectivity index (χ1) is 11.7. The van der Waals surface area contributed by atoms with E-state index >= 15 is 0 Å². The summed E-state index contributed by atoms with van der Waals surface area (Å²) < 4.78 is 1.80.